The molecule has 1 rings (SSSR count). The molecule has 1 aromatic rings. The van der Waals surface area contributed by atoms with Gasteiger partial charge in [0.15, 0.2) is 0 Å². The summed E-state index contributed by atoms with van der Waals surface area (Å²) >= 11 is 6.21. The van der Waals surface area contributed by atoms with Crippen molar-refractivity contribution in [1.82, 2.24) is 0 Å². The molecule has 4 heteroatoms. The van der Waals surface area contributed by atoms with Crippen molar-refractivity contribution < 1.29 is 0 Å². The maximum atomic E-state index is 8.79. The van der Waals surface area contributed by atoms with Crippen molar-refractivity contribution in [3.05, 3.63) is 28.8 Å². The highest BCUT2D eigenvalue weighted by molar-refractivity contribution is 6.33. The quantitative estimate of drug-likeness (QED) is 0.895. The summed E-state index contributed by atoms with van der Waals surface area (Å²) in [6.07, 6.45) is 0. The van der Waals surface area contributed by atoms with E-state index < -0.39 is 0 Å². The third kappa shape index (κ3) is 3.62. The maximum Gasteiger partial charge on any atom is 0.0671 e. The fourth-order valence-corrected chi connectivity index (χ4v) is 2.00. The molecule has 2 N–H and O–H groups in total. The van der Waals surface area contributed by atoms with Crippen molar-refractivity contribution in [2.75, 3.05) is 18.5 Å². The van der Waals surface area contributed by atoms with Crippen molar-refractivity contribution in [2.24, 2.45) is 11.7 Å². The van der Waals surface area contributed by atoms with E-state index in [0.29, 0.717) is 11.6 Å². The van der Waals surface area contributed by atoms with Crippen molar-refractivity contribution in [2.45, 2.75) is 19.9 Å². The topological polar surface area (TPSA) is 53.0 Å². The number of anilines is 1. The van der Waals surface area contributed by atoms with Crippen LogP contribution in [0.15, 0.2) is 18.2 Å². The molecule has 0 aliphatic carbocycles. The van der Waals surface area contributed by atoms with E-state index in [1.54, 1.807) is 0 Å². The molecule has 0 amide bonds. The Labute approximate surface area is 108 Å². The van der Waals surface area contributed by atoms with Crippen LogP contribution in [-0.2, 0) is 0 Å². The third-order valence-electron chi connectivity index (χ3n) is 2.68. The monoisotopic (exact) mass is 251 g/mol. The molecule has 0 aliphatic heterocycles. The second kappa shape index (κ2) is 5.90. The Morgan fingerprint density at radius 1 is 1.47 bits per heavy atom. The molecule has 2 atom stereocenters. The van der Waals surface area contributed by atoms with Crippen molar-refractivity contribution >= 4 is 17.3 Å². The zero-order chi connectivity index (χ0) is 13.0. The van der Waals surface area contributed by atoms with Crippen LogP contribution >= 0.6 is 11.6 Å². The standard InChI is InChI=1S/C13H18ClN3/c1-9(7-15)8-17(3)13-5-4-11(10(2)16)6-12(13)14/h4-6,9-10H,8,16H2,1-3H3. The molecule has 0 spiro atoms. The average molecular weight is 252 g/mol. The van der Waals surface area contributed by atoms with Gasteiger partial charge in [0.25, 0.3) is 0 Å². The maximum absolute atomic E-state index is 8.79. The molecule has 3 nitrogen and oxygen atoms in total. The summed E-state index contributed by atoms with van der Waals surface area (Å²) in [4.78, 5) is 1.99. The minimum absolute atomic E-state index is 0.0233. The molecule has 0 saturated heterocycles. The number of benzene rings is 1. The Morgan fingerprint density at radius 3 is 2.59 bits per heavy atom. The van der Waals surface area contributed by atoms with E-state index in [9.17, 15) is 0 Å². The zero-order valence-corrected chi connectivity index (χ0v) is 11.2. The van der Waals surface area contributed by atoms with Crippen LogP contribution in [0.3, 0.4) is 0 Å². The summed E-state index contributed by atoms with van der Waals surface area (Å²) in [6.45, 7) is 4.47. The van der Waals surface area contributed by atoms with Crippen molar-refractivity contribution in [3.63, 3.8) is 0 Å². The van der Waals surface area contributed by atoms with Gasteiger partial charge in [-0.25, -0.2) is 0 Å². The van der Waals surface area contributed by atoms with Crippen LogP contribution in [0.1, 0.15) is 25.5 Å². The fourth-order valence-electron chi connectivity index (χ4n) is 1.67. The van der Waals surface area contributed by atoms with Gasteiger partial charge in [-0.1, -0.05) is 17.7 Å². The molecule has 0 bridgehead atoms. The van der Waals surface area contributed by atoms with E-state index in [1.807, 2.05) is 44.0 Å². The summed E-state index contributed by atoms with van der Waals surface area (Å²) in [5.74, 6) is -0.0239. The first kappa shape index (κ1) is 13.8. The number of nitrogens with two attached hydrogens (primary N) is 1. The first-order valence-corrected chi connectivity index (χ1v) is 5.99. The van der Waals surface area contributed by atoms with Gasteiger partial charge in [-0.3, -0.25) is 0 Å². The molecular weight excluding hydrogens is 234 g/mol. The summed E-state index contributed by atoms with van der Waals surface area (Å²) in [5.41, 5.74) is 7.74. The van der Waals surface area contributed by atoms with Crippen LogP contribution in [0.4, 0.5) is 5.69 Å². The lowest BCUT2D eigenvalue weighted by Crippen LogP contribution is -2.23. The van der Waals surface area contributed by atoms with Gasteiger partial charge < -0.3 is 10.6 Å². The Kier molecular flexibility index (Phi) is 4.80. The van der Waals surface area contributed by atoms with E-state index in [2.05, 4.69) is 6.07 Å². The lowest BCUT2D eigenvalue weighted by atomic mass is 10.1. The van der Waals surface area contributed by atoms with E-state index in [4.69, 9.17) is 22.6 Å². The molecule has 1 aromatic carbocycles. The first-order valence-electron chi connectivity index (χ1n) is 5.61. The second-order valence-corrected chi connectivity index (χ2v) is 4.82. The first-order chi connectivity index (χ1) is 7.95. The molecule has 0 saturated carbocycles. The van der Waals surface area contributed by atoms with Crippen LogP contribution in [0, 0.1) is 17.2 Å². The Balaban J connectivity index is 2.89. The van der Waals surface area contributed by atoms with Gasteiger partial charge in [-0.2, -0.15) is 5.26 Å². The van der Waals surface area contributed by atoms with E-state index in [-0.39, 0.29) is 12.0 Å². The van der Waals surface area contributed by atoms with Gasteiger partial charge in [0.1, 0.15) is 0 Å². The highest BCUT2D eigenvalue weighted by Crippen LogP contribution is 2.28. The molecule has 0 aromatic heterocycles. The highest BCUT2D eigenvalue weighted by atomic mass is 35.5. The van der Waals surface area contributed by atoms with Crippen LogP contribution < -0.4 is 10.6 Å². The van der Waals surface area contributed by atoms with Gasteiger partial charge >= 0.3 is 0 Å². The normalized spacial score (nSPS) is 13.9. The number of hydrogen-bond donors (Lipinski definition) is 1. The number of halogens is 1. The minimum Gasteiger partial charge on any atom is -0.372 e. The summed E-state index contributed by atoms with van der Waals surface area (Å²) in [5, 5.41) is 9.46. The molecule has 92 valence electrons. The van der Waals surface area contributed by atoms with Gasteiger partial charge in [0, 0.05) is 19.6 Å². The van der Waals surface area contributed by atoms with E-state index >= 15 is 0 Å². The number of nitrogens with zero attached hydrogens (tertiary/aromatic N) is 2. The van der Waals surface area contributed by atoms with Gasteiger partial charge in [0.2, 0.25) is 0 Å². The largest absolute Gasteiger partial charge is 0.372 e. The summed E-state index contributed by atoms with van der Waals surface area (Å²) in [7, 11) is 1.93. The minimum atomic E-state index is -0.0239. The zero-order valence-electron chi connectivity index (χ0n) is 10.4. The molecule has 0 radical (unpaired) electrons. The number of rotatable bonds is 4. The molecule has 0 fully saturated rings. The molecule has 17 heavy (non-hydrogen) atoms. The molecule has 2 unspecified atom stereocenters. The summed E-state index contributed by atoms with van der Waals surface area (Å²) in [6, 6.07) is 7.99. The van der Waals surface area contributed by atoms with Gasteiger partial charge in [0.05, 0.1) is 22.7 Å². The van der Waals surface area contributed by atoms with Crippen molar-refractivity contribution in [3.8, 4) is 6.07 Å². The lowest BCUT2D eigenvalue weighted by Gasteiger charge is -2.22. The van der Waals surface area contributed by atoms with E-state index in [0.717, 1.165) is 11.3 Å². The second-order valence-electron chi connectivity index (χ2n) is 4.41. The fraction of sp³-hybridized carbons (Fsp3) is 0.462. The average Bonchev–Trinajstić information content (AvgIpc) is 2.28. The third-order valence-corrected chi connectivity index (χ3v) is 2.98. The van der Waals surface area contributed by atoms with E-state index in [1.165, 1.54) is 0 Å². The Bertz CT molecular complexity index is 423. The number of hydrogen-bond acceptors (Lipinski definition) is 3. The number of nitriles is 1. The van der Waals surface area contributed by atoms with Gasteiger partial charge in [-0.05, 0) is 31.5 Å². The molecule has 0 heterocycles. The highest BCUT2D eigenvalue weighted by Gasteiger charge is 2.11. The Hall–Kier alpha value is -1.24. The molecule has 0 aliphatic rings. The predicted octanol–water partition coefficient (Wildman–Crippen LogP) is 2.96. The molecular formula is C13H18ClN3. The smallest absolute Gasteiger partial charge is 0.0671 e. The SMILES string of the molecule is CC(C#N)CN(C)c1ccc(C(C)N)cc1Cl. The van der Waals surface area contributed by atoms with Crippen LogP contribution in [0.5, 0.6) is 0 Å². The lowest BCUT2D eigenvalue weighted by molar-refractivity contribution is 0.716. The van der Waals surface area contributed by atoms with Gasteiger partial charge in [-0.15, -0.1) is 0 Å². The Morgan fingerprint density at radius 2 is 2.12 bits per heavy atom. The van der Waals surface area contributed by atoms with Crippen LogP contribution in [-0.4, -0.2) is 13.6 Å². The van der Waals surface area contributed by atoms with Crippen molar-refractivity contribution in [1.29, 1.82) is 5.26 Å². The van der Waals surface area contributed by atoms with Crippen LogP contribution in [0.2, 0.25) is 5.02 Å². The van der Waals surface area contributed by atoms with Crippen LogP contribution in [0.25, 0.3) is 0 Å². The summed E-state index contributed by atoms with van der Waals surface area (Å²) < 4.78 is 0. The predicted molar refractivity (Wildman–Crippen MR) is 72.1 cm³/mol.